The molecule has 2 rings (SSSR count). The molecule has 20 heavy (non-hydrogen) atoms. The van der Waals surface area contributed by atoms with Crippen LogP contribution in [0.3, 0.4) is 0 Å². The van der Waals surface area contributed by atoms with E-state index in [1.165, 1.54) is 6.07 Å². The van der Waals surface area contributed by atoms with Crippen LogP contribution in [0.5, 0.6) is 0 Å². The Hall–Kier alpha value is -2.50. The zero-order valence-electron chi connectivity index (χ0n) is 11.6. The van der Waals surface area contributed by atoms with Gasteiger partial charge in [-0.15, -0.1) is 0 Å². The predicted octanol–water partition coefficient (Wildman–Crippen LogP) is 3.17. The molecule has 1 aromatic heterocycles. The minimum Gasteiger partial charge on any atom is -0.377 e. The van der Waals surface area contributed by atoms with E-state index in [4.69, 9.17) is 0 Å². The maximum atomic E-state index is 10.9. The number of nitro benzene ring substituents is 1. The first-order valence-corrected chi connectivity index (χ1v) is 6.28. The van der Waals surface area contributed by atoms with Crippen molar-refractivity contribution in [3.05, 3.63) is 57.7 Å². The van der Waals surface area contributed by atoms with Crippen molar-refractivity contribution in [2.24, 2.45) is 0 Å². The first-order chi connectivity index (χ1) is 9.49. The molecule has 0 aliphatic carbocycles. The molecule has 2 aromatic rings. The van der Waals surface area contributed by atoms with Crippen LogP contribution in [0.15, 0.2) is 30.6 Å². The smallest absolute Gasteiger partial charge is 0.274 e. The predicted molar refractivity (Wildman–Crippen MR) is 76.6 cm³/mol. The zero-order valence-corrected chi connectivity index (χ0v) is 11.6. The number of nitrogens with zero attached hydrogens (tertiary/aromatic N) is 3. The van der Waals surface area contributed by atoms with Crippen molar-refractivity contribution >= 4 is 11.4 Å². The molecule has 6 nitrogen and oxygen atoms in total. The molecule has 6 heteroatoms. The van der Waals surface area contributed by atoms with Crippen LogP contribution in [0.4, 0.5) is 11.4 Å². The van der Waals surface area contributed by atoms with Crippen LogP contribution >= 0.6 is 0 Å². The van der Waals surface area contributed by atoms with Gasteiger partial charge < -0.3 is 5.32 Å². The van der Waals surface area contributed by atoms with Gasteiger partial charge in [-0.3, -0.25) is 20.1 Å². The highest BCUT2D eigenvalue weighted by molar-refractivity contribution is 5.55. The first-order valence-electron chi connectivity index (χ1n) is 6.28. The van der Waals surface area contributed by atoms with E-state index in [9.17, 15) is 10.1 Å². The fourth-order valence-electron chi connectivity index (χ4n) is 2.06. The van der Waals surface area contributed by atoms with Gasteiger partial charge in [0.2, 0.25) is 0 Å². The normalized spacial score (nSPS) is 11.9. The average Bonchev–Trinajstić information content (AvgIpc) is 2.41. The standard InChI is InChI=1S/C14H16N4O2/c1-9-4-5-12(8-13(9)18(19)20)17-11(3)14-10(2)15-6-7-16-14/h4-8,11,17H,1-3H3. The monoisotopic (exact) mass is 272 g/mol. The van der Waals surface area contributed by atoms with Gasteiger partial charge in [0.1, 0.15) is 0 Å². The Balaban J connectivity index is 2.24. The Morgan fingerprint density at radius 1 is 1.25 bits per heavy atom. The fraction of sp³-hybridized carbons (Fsp3) is 0.286. The van der Waals surface area contributed by atoms with Crippen LogP contribution in [0.1, 0.15) is 29.9 Å². The Labute approximate surface area is 117 Å². The summed E-state index contributed by atoms with van der Waals surface area (Å²) in [5, 5.41) is 14.2. The van der Waals surface area contributed by atoms with Gasteiger partial charge in [-0.1, -0.05) is 6.07 Å². The SMILES string of the molecule is Cc1ccc(NC(C)c2nccnc2C)cc1[N+](=O)[O-]. The summed E-state index contributed by atoms with van der Waals surface area (Å²) in [5.74, 6) is 0. The van der Waals surface area contributed by atoms with E-state index < -0.39 is 0 Å². The molecular weight excluding hydrogens is 256 g/mol. The van der Waals surface area contributed by atoms with E-state index in [2.05, 4.69) is 15.3 Å². The minimum absolute atomic E-state index is 0.0778. The van der Waals surface area contributed by atoms with Gasteiger partial charge in [-0.25, -0.2) is 0 Å². The molecule has 1 aromatic carbocycles. The summed E-state index contributed by atoms with van der Waals surface area (Å²) in [6, 6.07) is 5.02. The van der Waals surface area contributed by atoms with E-state index in [0.29, 0.717) is 11.3 Å². The molecule has 1 N–H and O–H groups in total. The molecule has 0 saturated heterocycles. The third kappa shape index (κ3) is 2.90. The number of nitro groups is 1. The Kier molecular flexibility index (Phi) is 3.93. The number of aryl methyl sites for hydroxylation is 2. The summed E-state index contributed by atoms with van der Waals surface area (Å²) >= 11 is 0. The lowest BCUT2D eigenvalue weighted by molar-refractivity contribution is -0.385. The maximum absolute atomic E-state index is 10.9. The Bertz CT molecular complexity index is 643. The lowest BCUT2D eigenvalue weighted by Gasteiger charge is -2.16. The zero-order chi connectivity index (χ0) is 14.7. The highest BCUT2D eigenvalue weighted by Crippen LogP contribution is 2.25. The van der Waals surface area contributed by atoms with Crippen LogP contribution in [0.2, 0.25) is 0 Å². The van der Waals surface area contributed by atoms with Gasteiger partial charge in [0.15, 0.2) is 0 Å². The van der Waals surface area contributed by atoms with Gasteiger partial charge in [0.25, 0.3) is 5.69 Å². The number of rotatable bonds is 4. The summed E-state index contributed by atoms with van der Waals surface area (Å²) in [7, 11) is 0. The molecule has 1 atom stereocenters. The van der Waals surface area contributed by atoms with Crippen molar-refractivity contribution in [2.75, 3.05) is 5.32 Å². The van der Waals surface area contributed by atoms with Crippen LogP contribution < -0.4 is 5.32 Å². The molecule has 0 saturated carbocycles. The van der Waals surface area contributed by atoms with Crippen molar-refractivity contribution in [3.63, 3.8) is 0 Å². The summed E-state index contributed by atoms with van der Waals surface area (Å²) in [6.45, 7) is 5.55. The molecule has 0 amide bonds. The van der Waals surface area contributed by atoms with E-state index in [1.807, 2.05) is 19.9 Å². The third-order valence-corrected chi connectivity index (χ3v) is 3.12. The Morgan fingerprint density at radius 3 is 2.60 bits per heavy atom. The summed E-state index contributed by atoms with van der Waals surface area (Å²) in [6.07, 6.45) is 3.28. The van der Waals surface area contributed by atoms with E-state index >= 15 is 0 Å². The topological polar surface area (TPSA) is 81.0 Å². The van der Waals surface area contributed by atoms with E-state index in [-0.39, 0.29) is 16.7 Å². The van der Waals surface area contributed by atoms with Crippen LogP contribution in [-0.2, 0) is 0 Å². The molecular formula is C14H16N4O2. The number of benzene rings is 1. The highest BCUT2D eigenvalue weighted by Gasteiger charge is 2.14. The minimum atomic E-state index is -0.376. The van der Waals surface area contributed by atoms with Gasteiger partial charge in [0, 0.05) is 29.7 Å². The number of hydrogen-bond acceptors (Lipinski definition) is 5. The molecule has 0 bridgehead atoms. The Morgan fingerprint density at radius 2 is 1.95 bits per heavy atom. The summed E-state index contributed by atoms with van der Waals surface area (Å²) in [4.78, 5) is 19.0. The third-order valence-electron chi connectivity index (χ3n) is 3.12. The molecule has 0 aliphatic rings. The number of nitrogens with one attached hydrogen (secondary N) is 1. The van der Waals surface area contributed by atoms with Gasteiger partial charge in [0.05, 0.1) is 22.4 Å². The average molecular weight is 272 g/mol. The molecule has 1 unspecified atom stereocenters. The number of aromatic nitrogens is 2. The second-order valence-electron chi connectivity index (χ2n) is 4.65. The molecule has 0 aliphatic heterocycles. The van der Waals surface area contributed by atoms with Gasteiger partial charge in [-0.2, -0.15) is 0 Å². The van der Waals surface area contributed by atoms with Crippen molar-refractivity contribution in [2.45, 2.75) is 26.8 Å². The van der Waals surface area contributed by atoms with Crippen LogP contribution in [0.25, 0.3) is 0 Å². The lowest BCUT2D eigenvalue weighted by atomic mass is 10.1. The molecule has 1 heterocycles. The van der Waals surface area contributed by atoms with Crippen LogP contribution in [0, 0.1) is 24.0 Å². The number of anilines is 1. The molecule has 0 radical (unpaired) electrons. The number of hydrogen-bond donors (Lipinski definition) is 1. The largest absolute Gasteiger partial charge is 0.377 e. The summed E-state index contributed by atoms with van der Waals surface area (Å²) < 4.78 is 0. The van der Waals surface area contributed by atoms with Gasteiger partial charge >= 0.3 is 0 Å². The molecule has 0 spiro atoms. The molecule has 0 fully saturated rings. The summed E-state index contributed by atoms with van der Waals surface area (Å²) in [5.41, 5.74) is 3.12. The van der Waals surface area contributed by atoms with Crippen molar-refractivity contribution < 1.29 is 4.92 Å². The van der Waals surface area contributed by atoms with Crippen molar-refractivity contribution in [3.8, 4) is 0 Å². The van der Waals surface area contributed by atoms with E-state index in [1.54, 1.807) is 25.4 Å². The van der Waals surface area contributed by atoms with Crippen LogP contribution in [-0.4, -0.2) is 14.9 Å². The second kappa shape index (κ2) is 5.64. The fourth-order valence-corrected chi connectivity index (χ4v) is 2.06. The van der Waals surface area contributed by atoms with Crippen molar-refractivity contribution in [1.29, 1.82) is 0 Å². The van der Waals surface area contributed by atoms with Crippen molar-refractivity contribution in [1.82, 2.24) is 9.97 Å². The molecule has 104 valence electrons. The second-order valence-corrected chi connectivity index (χ2v) is 4.65. The lowest BCUT2D eigenvalue weighted by Crippen LogP contribution is -2.11. The van der Waals surface area contributed by atoms with Gasteiger partial charge in [-0.05, 0) is 26.8 Å². The maximum Gasteiger partial charge on any atom is 0.274 e. The van der Waals surface area contributed by atoms with E-state index in [0.717, 1.165) is 11.4 Å². The highest BCUT2D eigenvalue weighted by atomic mass is 16.6. The first kappa shape index (κ1) is 13.9. The quantitative estimate of drug-likeness (QED) is 0.683.